The zero-order chi connectivity index (χ0) is 13.5. The number of nitriles is 1. The zero-order valence-corrected chi connectivity index (χ0v) is 10.7. The molecule has 0 aliphatic rings. The van der Waals surface area contributed by atoms with Crippen LogP contribution in [0.4, 0.5) is 4.39 Å². The van der Waals surface area contributed by atoms with E-state index >= 15 is 0 Å². The van der Waals surface area contributed by atoms with Gasteiger partial charge in [0.15, 0.2) is 0 Å². The van der Waals surface area contributed by atoms with Gasteiger partial charge in [0.1, 0.15) is 5.82 Å². The molecule has 0 saturated carbocycles. The lowest BCUT2D eigenvalue weighted by Crippen LogP contribution is -2.31. The van der Waals surface area contributed by atoms with Crippen LogP contribution in [0.1, 0.15) is 31.7 Å². The van der Waals surface area contributed by atoms with Crippen LogP contribution in [-0.4, -0.2) is 23.9 Å². The van der Waals surface area contributed by atoms with Gasteiger partial charge >= 0.3 is 0 Å². The van der Waals surface area contributed by atoms with E-state index in [-0.39, 0.29) is 12.3 Å². The Morgan fingerprint density at radius 2 is 2.00 bits per heavy atom. The normalized spacial score (nSPS) is 11.7. The predicted molar refractivity (Wildman–Crippen MR) is 67.3 cm³/mol. The Balaban J connectivity index is 2.84. The summed E-state index contributed by atoms with van der Waals surface area (Å²) >= 11 is 0. The van der Waals surface area contributed by atoms with Crippen LogP contribution >= 0.6 is 0 Å². The van der Waals surface area contributed by atoms with Crippen molar-refractivity contribution in [2.45, 2.75) is 26.2 Å². The molecule has 1 amide bonds. The van der Waals surface area contributed by atoms with Crippen LogP contribution in [0, 0.1) is 17.1 Å². The minimum absolute atomic E-state index is 0.0269. The van der Waals surface area contributed by atoms with E-state index in [0.29, 0.717) is 18.7 Å². The summed E-state index contributed by atoms with van der Waals surface area (Å²) in [5, 5.41) is 9.09. The minimum Gasteiger partial charge on any atom is -0.343 e. The molecule has 0 spiro atoms. The van der Waals surface area contributed by atoms with Crippen molar-refractivity contribution in [3.63, 3.8) is 0 Å². The van der Waals surface area contributed by atoms with Crippen molar-refractivity contribution in [1.29, 1.82) is 5.26 Å². The van der Waals surface area contributed by atoms with Crippen molar-refractivity contribution < 1.29 is 9.18 Å². The number of hydrogen-bond donors (Lipinski definition) is 0. The van der Waals surface area contributed by atoms with E-state index in [2.05, 4.69) is 0 Å². The van der Waals surface area contributed by atoms with E-state index in [4.69, 9.17) is 5.26 Å². The Labute approximate surface area is 107 Å². The van der Waals surface area contributed by atoms with Gasteiger partial charge in [0.25, 0.3) is 0 Å². The number of carbonyl (C=O) groups is 1. The van der Waals surface area contributed by atoms with Crippen LogP contribution in [0.3, 0.4) is 0 Å². The summed E-state index contributed by atoms with van der Waals surface area (Å²) in [6.45, 7) is 4.97. The second-order valence-electron chi connectivity index (χ2n) is 3.97. The summed E-state index contributed by atoms with van der Waals surface area (Å²) in [4.78, 5) is 13.6. The van der Waals surface area contributed by atoms with Gasteiger partial charge in [0.2, 0.25) is 5.91 Å². The lowest BCUT2D eigenvalue weighted by atomic mass is 9.96. The number of carbonyl (C=O) groups excluding carboxylic acids is 1. The molecule has 0 aromatic heterocycles. The highest BCUT2D eigenvalue weighted by molar-refractivity contribution is 5.77. The topological polar surface area (TPSA) is 44.1 Å². The molecule has 0 radical (unpaired) electrons. The van der Waals surface area contributed by atoms with Crippen LogP contribution in [0.5, 0.6) is 0 Å². The maximum atomic E-state index is 13.6. The summed E-state index contributed by atoms with van der Waals surface area (Å²) in [7, 11) is 0. The molecular weight excluding hydrogens is 231 g/mol. The van der Waals surface area contributed by atoms with Gasteiger partial charge in [0, 0.05) is 25.1 Å². The molecule has 1 unspecified atom stereocenters. The third-order valence-electron chi connectivity index (χ3n) is 2.93. The molecule has 0 saturated heterocycles. The monoisotopic (exact) mass is 248 g/mol. The van der Waals surface area contributed by atoms with Crippen LogP contribution in [0.15, 0.2) is 24.3 Å². The molecule has 0 aliphatic heterocycles. The molecular formula is C14H17FN2O. The molecule has 0 fully saturated rings. The first-order valence-electron chi connectivity index (χ1n) is 6.05. The third-order valence-corrected chi connectivity index (χ3v) is 2.93. The van der Waals surface area contributed by atoms with Crippen LogP contribution in [-0.2, 0) is 4.79 Å². The quantitative estimate of drug-likeness (QED) is 0.804. The lowest BCUT2D eigenvalue weighted by Gasteiger charge is -2.20. The highest BCUT2D eigenvalue weighted by atomic mass is 19.1. The Bertz CT molecular complexity index is 449. The van der Waals surface area contributed by atoms with E-state index in [0.717, 1.165) is 0 Å². The van der Waals surface area contributed by atoms with Crippen LogP contribution in [0.2, 0.25) is 0 Å². The fraction of sp³-hybridized carbons (Fsp3) is 0.429. The van der Waals surface area contributed by atoms with Gasteiger partial charge < -0.3 is 4.90 Å². The number of halogens is 1. The van der Waals surface area contributed by atoms with Crippen LogP contribution < -0.4 is 0 Å². The summed E-state index contributed by atoms with van der Waals surface area (Å²) in [5.74, 6) is -1.27. The molecule has 1 aromatic rings. The van der Waals surface area contributed by atoms with Crippen LogP contribution in [0.25, 0.3) is 0 Å². The van der Waals surface area contributed by atoms with E-state index in [1.54, 1.807) is 23.1 Å². The smallest absolute Gasteiger partial charge is 0.224 e. The van der Waals surface area contributed by atoms with Crippen molar-refractivity contribution in [3.8, 4) is 6.07 Å². The Morgan fingerprint density at radius 1 is 1.39 bits per heavy atom. The molecule has 0 heterocycles. The number of benzene rings is 1. The molecule has 96 valence electrons. The van der Waals surface area contributed by atoms with Gasteiger partial charge in [-0.2, -0.15) is 5.26 Å². The third kappa shape index (κ3) is 3.30. The first-order valence-corrected chi connectivity index (χ1v) is 6.05. The molecule has 3 nitrogen and oxygen atoms in total. The fourth-order valence-corrected chi connectivity index (χ4v) is 1.86. The summed E-state index contributed by atoms with van der Waals surface area (Å²) in [6.07, 6.45) is 0.0269. The van der Waals surface area contributed by atoms with Crippen molar-refractivity contribution in [2.75, 3.05) is 13.1 Å². The lowest BCUT2D eigenvalue weighted by molar-refractivity contribution is -0.130. The maximum absolute atomic E-state index is 13.6. The largest absolute Gasteiger partial charge is 0.343 e. The van der Waals surface area contributed by atoms with Gasteiger partial charge in [-0.05, 0) is 19.9 Å². The highest BCUT2D eigenvalue weighted by Gasteiger charge is 2.21. The highest BCUT2D eigenvalue weighted by Crippen LogP contribution is 2.22. The van der Waals surface area contributed by atoms with Gasteiger partial charge in [-0.1, -0.05) is 18.2 Å². The maximum Gasteiger partial charge on any atom is 0.224 e. The van der Waals surface area contributed by atoms with Gasteiger partial charge in [0.05, 0.1) is 12.0 Å². The second kappa shape index (κ2) is 6.75. The van der Waals surface area contributed by atoms with E-state index in [1.807, 2.05) is 19.9 Å². The summed E-state index contributed by atoms with van der Waals surface area (Å²) in [6, 6.07) is 8.11. The zero-order valence-electron chi connectivity index (χ0n) is 10.7. The number of hydrogen-bond acceptors (Lipinski definition) is 2. The number of rotatable bonds is 5. The predicted octanol–water partition coefficient (Wildman–Crippen LogP) is 2.69. The fourth-order valence-electron chi connectivity index (χ4n) is 1.86. The molecule has 0 bridgehead atoms. The molecule has 1 atom stereocenters. The molecule has 1 rings (SSSR count). The van der Waals surface area contributed by atoms with E-state index in [1.165, 1.54) is 6.07 Å². The number of amides is 1. The number of nitrogens with zero attached hydrogens (tertiary/aromatic N) is 2. The van der Waals surface area contributed by atoms with Crippen molar-refractivity contribution in [1.82, 2.24) is 4.90 Å². The van der Waals surface area contributed by atoms with Crippen molar-refractivity contribution >= 4 is 5.91 Å². The van der Waals surface area contributed by atoms with Gasteiger partial charge in [-0.25, -0.2) is 4.39 Å². The molecule has 0 N–H and O–H groups in total. The molecule has 1 aromatic carbocycles. The molecule has 18 heavy (non-hydrogen) atoms. The Kier molecular flexibility index (Phi) is 5.31. The van der Waals surface area contributed by atoms with Gasteiger partial charge in [-0.15, -0.1) is 0 Å². The minimum atomic E-state index is -0.723. The summed E-state index contributed by atoms with van der Waals surface area (Å²) in [5.41, 5.74) is 0.292. The van der Waals surface area contributed by atoms with E-state index in [9.17, 15) is 9.18 Å². The average Bonchev–Trinajstić information content (AvgIpc) is 2.38. The second-order valence-corrected chi connectivity index (χ2v) is 3.97. The Morgan fingerprint density at radius 3 is 2.50 bits per heavy atom. The first kappa shape index (κ1) is 14.2. The summed E-state index contributed by atoms with van der Waals surface area (Å²) < 4.78 is 13.6. The Hall–Kier alpha value is -1.89. The van der Waals surface area contributed by atoms with Crippen molar-refractivity contribution in [2.24, 2.45) is 0 Å². The SMILES string of the molecule is CCN(CC)C(=O)CC(C#N)c1ccccc1F. The first-order chi connectivity index (χ1) is 8.63. The molecule has 0 aliphatic carbocycles. The standard InChI is InChI=1S/C14H17FN2O/c1-3-17(4-2)14(18)9-11(10-16)12-7-5-6-8-13(12)15/h5-8,11H,3-4,9H2,1-2H3. The molecule has 4 heteroatoms. The van der Waals surface area contributed by atoms with Gasteiger partial charge in [-0.3, -0.25) is 4.79 Å². The van der Waals surface area contributed by atoms with Crippen molar-refractivity contribution in [3.05, 3.63) is 35.6 Å². The van der Waals surface area contributed by atoms with E-state index < -0.39 is 11.7 Å². The average molecular weight is 248 g/mol.